The van der Waals surface area contributed by atoms with E-state index in [-0.39, 0.29) is 12.1 Å². The molecule has 6 nitrogen and oxygen atoms in total. The average Bonchev–Trinajstić information content (AvgIpc) is 3.00. The zero-order valence-corrected chi connectivity index (χ0v) is 19.5. The second-order valence-electron chi connectivity index (χ2n) is 8.87. The lowest BCUT2D eigenvalue weighted by Crippen LogP contribution is -2.42. The van der Waals surface area contributed by atoms with E-state index in [1.54, 1.807) is 11.3 Å². The van der Waals surface area contributed by atoms with Crippen LogP contribution in [0.4, 0.5) is 4.79 Å². The first kappa shape index (κ1) is 23.7. The van der Waals surface area contributed by atoms with Crippen molar-refractivity contribution in [2.75, 3.05) is 26.7 Å². The van der Waals surface area contributed by atoms with Gasteiger partial charge in [0, 0.05) is 22.8 Å². The highest BCUT2D eigenvalue weighted by Gasteiger charge is 2.32. The monoisotopic (exact) mass is 424 g/mol. The zero-order valence-electron chi connectivity index (χ0n) is 18.7. The second-order valence-corrected chi connectivity index (χ2v) is 10.0. The molecule has 0 aromatic carbocycles. The summed E-state index contributed by atoms with van der Waals surface area (Å²) in [6.07, 6.45) is 3.29. The molecule has 1 aromatic rings. The molecule has 2 N–H and O–H groups in total. The number of amides is 1. The molecule has 0 unspecified atom stereocenters. The lowest BCUT2D eigenvalue weighted by atomic mass is 9.83. The number of hydrogen-bond acceptors (Lipinski definition) is 6. The molecule has 164 valence electrons. The van der Waals surface area contributed by atoms with Crippen LogP contribution in [0.25, 0.3) is 0 Å². The minimum absolute atomic E-state index is 0.229. The summed E-state index contributed by atoms with van der Waals surface area (Å²) in [7, 11) is 1.43. The number of piperidine rings is 1. The van der Waals surface area contributed by atoms with Crippen molar-refractivity contribution in [2.24, 2.45) is 11.7 Å². The van der Waals surface area contributed by atoms with Crippen LogP contribution in [0.2, 0.25) is 0 Å². The summed E-state index contributed by atoms with van der Waals surface area (Å²) in [6.45, 7) is 11.9. The molecule has 1 aliphatic heterocycles. The van der Waals surface area contributed by atoms with Gasteiger partial charge >= 0.3 is 12.1 Å². The van der Waals surface area contributed by atoms with E-state index in [1.807, 2.05) is 32.6 Å². The Morgan fingerprint density at radius 2 is 1.90 bits per heavy atom. The first-order chi connectivity index (χ1) is 13.6. The van der Waals surface area contributed by atoms with Gasteiger partial charge in [-0.2, -0.15) is 0 Å². The minimum atomic E-state index is -0.473. The fraction of sp³-hybridized carbons (Fsp3) is 0.727. The Labute approximate surface area is 178 Å². The number of ether oxygens (including phenoxy) is 2. The van der Waals surface area contributed by atoms with Gasteiger partial charge in [0.05, 0.1) is 12.7 Å². The number of aryl methyl sites for hydroxylation is 1. The van der Waals surface area contributed by atoms with E-state index in [0.717, 1.165) is 41.7 Å². The Hall–Kier alpha value is -1.60. The fourth-order valence-electron chi connectivity index (χ4n) is 3.96. The summed E-state index contributed by atoms with van der Waals surface area (Å²) in [6, 6.07) is 0. The molecular formula is C22H36N2O4S. The smallest absolute Gasteiger partial charge is 0.410 e. The Morgan fingerprint density at radius 3 is 2.41 bits per heavy atom. The quantitative estimate of drug-likeness (QED) is 0.681. The number of thiophene rings is 1. The summed E-state index contributed by atoms with van der Waals surface area (Å²) < 4.78 is 10.5. The highest BCUT2D eigenvalue weighted by molar-refractivity contribution is 7.12. The van der Waals surface area contributed by atoms with E-state index < -0.39 is 5.60 Å². The highest BCUT2D eigenvalue weighted by atomic mass is 32.1. The Morgan fingerprint density at radius 1 is 1.28 bits per heavy atom. The van der Waals surface area contributed by atoms with Gasteiger partial charge in [-0.3, -0.25) is 0 Å². The molecule has 1 saturated heterocycles. The molecule has 2 heterocycles. The number of carbonyl (C=O) groups excluding carboxylic acids is 2. The number of nitrogens with zero attached hydrogens (tertiary/aromatic N) is 1. The van der Waals surface area contributed by atoms with Gasteiger partial charge < -0.3 is 20.1 Å². The van der Waals surface area contributed by atoms with E-state index in [0.29, 0.717) is 31.5 Å². The SMILES string of the molecule is COC(=O)c1c(CCCN)sc([C@H](C)C2CCN(C(=O)OC(C)(C)C)CC2)c1C. The number of hydrogen-bond donors (Lipinski definition) is 1. The molecule has 0 saturated carbocycles. The lowest BCUT2D eigenvalue weighted by molar-refractivity contribution is 0.0176. The third-order valence-electron chi connectivity index (χ3n) is 5.57. The van der Waals surface area contributed by atoms with Gasteiger partial charge in [0.2, 0.25) is 0 Å². The van der Waals surface area contributed by atoms with Crippen LogP contribution in [-0.4, -0.2) is 49.3 Å². The van der Waals surface area contributed by atoms with Crippen molar-refractivity contribution < 1.29 is 19.1 Å². The number of esters is 1. The maximum absolute atomic E-state index is 12.4. The van der Waals surface area contributed by atoms with Crippen molar-refractivity contribution in [3.63, 3.8) is 0 Å². The molecule has 0 bridgehead atoms. The van der Waals surface area contributed by atoms with Crippen LogP contribution in [0.1, 0.15) is 78.6 Å². The molecule has 0 radical (unpaired) electrons. The van der Waals surface area contributed by atoms with E-state index in [2.05, 4.69) is 6.92 Å². The van der Waals surface area contributed by atoms with Gasteiger partial charge in [-0.25, -0.2) is 9.59 Å². The van der Waals surface area contributed by atoms with Crippen molar-refractivity contribution >= 4 is 23.4 Å². The van der Waals surface area contributed by atoms with Gasteiger partial charge in [0.25, 0.3) is 0 Å². The first-order valence-electron chi connectivity index (χ1n) is 10.5. The molecule has 7 heteroatoms. The minimum Gasteiger partial charge on any atom is -0.465 e. The van der Waals surface area contributed by atoms with Crippen molar-refractivity contribution in [2.45, 2.75) is 71.8 Å². The molecule has 1 aromatic heterocycles. The van der Waals surface area contributed by atoms with Crippen molar-refractivity contribution in [1.82, 2.24) is 4.90 Å². The van der Waals surface area contributed by atoms with Gasteiger partial charge in [-0.05, 0) is 77.3 Å². The summed E-state index contributed by atoms with van der Waals surface area (Å²) >= 11 is 1.72. The molecule has 29 heavy (non-hydrogen) atoms. The third kappa shape index (κ3) is 5.95. The maximum Gasteiger partial charge on any atom is 0.410 e. The summed E-state index contributed by atoms with van der Waals surface area (Å²) in [5.41, 5.74) is 6.96. The van der Waals surface area contributed by atoms with Crippen LogP contribution in [0.5, 0.6) is 0 Å². The predicted molar refractivity (Wildman–Crippen MR) is 117 cm³/mol. The van der Waals surface area contributed by atoms with Crippen LogP contribution in [-0.2, 0) is 15.9 Å². The Bertz CT molecular complexity index is 715. The van der Waals surface area contributed by atoms with E-state index in [4.69, 9.17) is 15.2 Å². The van der Waals surface area contributed by atoms with Crippen molar-refractivity contribution in [3.8, 4) is 0 Å². The van der Waals surface area contributed by atoms with E-state index in [9.17, 15) is 9.59 Å². The molecule has 1 amide bonds. The predicted octanol–water partition coefficient (Wildman–Crippen LogP) is 4.49. The molecule has 0 spiro atoms. The van der Waals surface area contributed by atoms with E-state index >= 15 is 0 Å². The molecule has 2 rings (SSSR count). The van der Waals surface area contributed by atoms with Crippen molar-refractivity contribution in [1.29, 1.82) is 0 Å². The number of methoxy groups -OCH3 is 1. The lowest BCUT2D eigenvalue weighted by Gasteiger charge is -2.35. The summed E-state index contributed by atoms with van der Waals surface area (Å²) in [5.74, 6) is 0.540. The molecule has 1 aliphatic rings. The van der Waals surface area contributed by atoms with Gasteiger partial charge in [-0.15, -0.1) is 11.3 Å². The maximum atomic E-state index is 12.4. The highest BCUT2D eigenvalue weighted by Crippen LogP contribution is 2.41. The second kappa shape index (κ2) is 9.94. The summed E-state index contributed by atoms with van der Waals surface area (Å²) in [4.78, 5) is 28.8. The topological polar surface area (TPSA) is 81.9 Å². The standard InChI is InChI=1S/C22H36N2O4S/c1-14(16-9-12-24(13-10-16)21(26)28-22(3,4)5)19-15(2)18(20(25)27-6)17(29-19)8-7-11-23/h14,16H,7-13,23H2,1-6H3/t14-/m1/s1. The van der Waals surface area contributed by atoms with Crippen molar-refractivity contribution in [3.05, 3.63) is 20.9 Å². The molecule has 1 atom stereocenters. The van der Waals surface area contributed by atoms with Crippen LogP contribution < -0.4 is 5.73 Å². The van der Waals surface area contributed by atoms with Crippen LogP contribution in [0.3, 0.4) is 0 Å². The number of nitrogens with two attached hydrogens (primary N) is 1. The zero-order chi connectivity index (χ0) is 21.8. The van der Waals surface area contributed by atoms with Crippen LogP contribution in [0.15, 0.2) is 0 Å². The third-order valence-corrected chi connectivity index (χ3v) is 7.12. The number of rotatable bonds is 6. The van der Waals surface area contributed by atoms with Gasteiger partial charge in [-0.1, -0.05) is 6.92 Å². The molecular weight excluding hydrogens is 388 g/mol. The first-order valence-corrected chi connectivity index (χ1v) is 11.3. The Balaban J connectivity index is 2.11. The largest absolute Gasteiger partial charge is 0.465 e. The normalized spacial score (nSPS) is 16.6. The fourth-order valence-corrected chi connectivity index (χ4v) is 5.44. The van der Waals surface area contributed by atoms with Crippen LogP contribution >= 0.6 is 11.3 Å². The Kier molecular flexibility index (Phi) is 8.11. The number of likely N-dealkylation sites (tertiary alicyclic amines) is 1. The molecule has 0 aliphatic carbocycles. The average molecular weight is 425 g/mol. The van der Waals surface area contributed by atoms with Crippen LogP contribution in [0, 0.1) is 12.8 Å². The van der Waals surface area contributed by atoms with Gasteiger partial charge in [0.1, 0.15) is 5.60 Å². The summed E-state index contributed by atoms with van der Waals surface area (Å²) in [5, 5.41) is 0. The number of carbonyl (C=O) groups is 2. The molecule has 1 fully saturated rings. The van der Waals surface area contributed by atoms with E-state index in [1.165, 1.54) is 12.0 Å². The van der Waals surface area contributed by atoms with Gasteiger partial charge in [0.15, 0.2) is 0 Å².